The molecule has 4 rings (SSSR count). The smallest absolute Gasteiger partial charge is 0.121 e. The average molecular weight is 317 g/mol. The normalized spacial score (nSPS) is 16.1. The van der Waals surface area contributed by atoms with E-state index in [1.165, 1.54) is 22.3 Å². The Labute approximate surface area is 143 Å². The van der Waals surface area contributed by atoms with Crippen LogP contribution in [0, 0.1) is 0 Å². The molecule has 0 fully saturated rings. The molecule has 1 unspecified atom stereocenters. The van der Waals surface area contributed by atoms with Crippen LogP contribution >= 0.6 is 0 Å². The third-order valence-corrected chi connectivity index (χ3v) is 5.07. The van der Waals surface area contributed by atoms with Gasteiger partial charge in [0.15, 0.2) is 0 Å². The Hall–Kier alpha value is -2.42. The molecule has 1 aliphatic rings. The minimum atomic E-state index is 0.279. The maximum absolute atomic E-state index is 4.58. The van der Waals surface area contributed by atoms with Crippen LogP contribution in [-0.2, 0) is 6.42 Å². The van der Waals surface area contributed by atoms with Crippen molar-refractivity contribution in [2.24, 2.45) is 0 Å². The molecule has 0 amide bonds. The molecule has 3 heteroatoms. The van der Waals surface area contributed by atoms with Gasteiger partial charge in [-0.1, -0.05) is 60.7 Å². The zero-order valence-electron chi connectivity index (χ0n) is 14.5. The molecule has 122 valence electrons. The highest BCUT2D eigenvalue weighted by atomic mass is 15.4. The van der Waals surface area contributed by atoms with Crippen molar-refractivity contribution >= 4 is 0 Å². The van der Waals surface area contributed by atoms with Crippen LogP contribution in [0.4, 0.5) is 0 Å². The topological polar surface area (TPSA) is 30.7 Å². The quantitative estimate of drug-likeness (QED) is 0.647. The van der Waals surface area contributed by atoms with Crippen LogP contribution in [0.15, 0.2) is 48.5 Å². The summed E-state index contributed by atoms with van der Waals surface area (Å²) in [7, 11) is 0. The molecule has 1 aliphatic carbocycles. The Morgan fingerprint density at radius 3 is 2.50 bits per heavy atom. The maximum Gasteiger partial charge on any atom is 0.121 e. The predicted molar refractivity (Wildman–Crippen MR) is 98.0 cm³/mol. The Morgan fingerprint density at radius 1 is 1.04 bits per heavy atom. The SMILES string of the molecule is CCC1Cc2ccccc2-c2nnn(C(C)C)c2-c2ccccc21. The molecule has 1 aromatic heterocycles. The zero-order chi connectivity index (χ0) is 16.7. The van der Waals surface area contributed by atoms with Crippen LogP contribution in [0.1, 0.15) is 50.3 Å². The summed E-state index contributed by atoms with van der Waals surface area (Å²) in [5.74, 6) is 0.519. The van der Waals surface area contributed by atoms with Gasteiger partial charge in [0.25, 0.3) is 0 Å². The third-order valence-electron chi connectivity index (χ3n) is 5.07. The van der Waals surface area contributed by atoms with E-state index in [9.17, 15) is 0 Å². The number of rotatable bonds is 2. The van der Waals surface area contributed by atoms with Crippen molar-refractivity contribution < 1.29 is 0 Å². The minimum absolute atomic E-state index is 0.279. The first-order valence-electron chi connectivity index (χ1n) is 8.83. The van der Waals surface area contributed by atoms with Crippen LogP contribution in [0.3, 0.4) is 0 Å². The Morgan fingerprint density at radius 2 is 1.75 bits per heavy atom. The zero-order valence-corrected chi connectivity index (χ0v) is 14.5. The summed E-state index contributed by atoms with van der Waals surface area (Å²) < 4.78 is 2.07. The second-order valence-corrected chi connectivity index (χ2v) is 6.88. The van der Waals surface area contributed by atoms with Crippen molar-refractivity contribution in [1.82, 2.24) is 15.0 Å². The van der Waals surface area contributed by atoms with E-state index < -0.39 is 0 Å². The summed E-state index contributed by atoms with van der Waals surface area (Å²) >= 11 is 0. The molecular formula is C21H23N3. The molecule has 0 spiro atoms. The molecule has 3 nitrogen and oxygen atoms in total. The molecule has 3 aromatic rings. The number of nitrogens with zero attached hydrogens (tertiary/aromatic N) is 3. The van der Waals surface area contributed by atoms with Crippen LogP contribution in [0.5, 0.6) is 0 Å². The molecule has 0 aliphatic heterocycles. The summed E-state index contributed by atoms with van der Waals surface area (Å²) in [6.45, 7) is 6.61. The fraction of sp³-hybridized carbons (Fsp3) is 0.333. The van der Waals surface area contributed by atoms with E-state index in [1.54, 1.807) is 0 Å². The minimum Gasteiger partial charge on any atom is -0.242 e. The number of hydrogen-bond donors (Lipinski definition) is 0. The molecule has 0 N–H and O–H groups in total. The summed E-state index contributed by atoms with van der Waals surface area (Å²) in [6.07, 6.45) is 2.18. The molecule has 0 saturated carbocycles. The number of fused-ring (bicyclic) bond motifs is 5. The van der Waals surface area contributed by atoms with E-state index in [1.807, 2.05) is 0 Å². The first-order valence-corrected chi connectivity index (χ1v) is 8.83. The molecule has 0 radical (unpaired) electrons. The molecule has 0 saturated heterocycles. The highest BCUT2D eigenvalue weighted by Gasteiger charge is 2.27. The van der Waals surface area contributed by atoms with E-state index in [0.29, 0.717) is 5.92 Å². The standard InChI is InChI=1S/C21H23N3/c1-4-15-13-16-9-5-6-11-18(16)20-21(24(14(2)3)23-22-20)19-12-8-7-10-17(15)19/h5-12,14-15H,4,13H2,1-3H3. The van der Waals surface area contributed by atoms with Gasteiger partial charge in [-0.2, -0.15) is 0 Å². The monoisotopic (exact) mass is 317 g/mol. The van der Waals surface area contributed by atoms with E-state index in [2.05, 4.69) is 84.3 Å². The molecule has 1 heterocycles. The van der Waals surface area contributed by atoms with Gasteiger partial charge in [0.2, 0.25) is 0 Å². The second-order valence-electron chi connectivity index (χ2n) is 6.88. The van der Waals surface area contributed by atoms with Gasteiger partial charge in [-0.3, -0.25) is 0 Å². The van der Waals surface area contributed by atoms with Crippen molar-refractivity contribution in [2.45, 2.75) is 45.6 Å². The molecule has 24 heavy (non-hydrogen) atoms. The Kier molecular flexibility index (Phi) is 3.72. The van der Waals surface area contributed by atoms with Gasteiger partial charge in [-0.25, -0.2) is 4.68 Å². The van der Waals surface area contributed by atoms with Crippen molar-refractivity contribution in [3.8, 4) is 22.5 Å². The van der Waals surface area contributed by atoms with Crippen LogP contribution in [0.2, 0.25) is 0 Å². The third kappa shape index (κ3) is 2.27. The molecular weight excluding hydrogens is 294 g/mol. The highest BCUT2D eigenvalue weighted by Crippen LogP contribution is 2.42. The summed E-state index contributed by atoms with van der Waals surface area (Å²) in [5, 5.41) is 9.08. The first kappa shape index (κ1) is 15.1. The number of hydrogen-bond acceptors (Lipinski definition) is 2. The molecule has 2 aromatic carbocycles. The highest BCUT2D eigenvalue weighted by molar-refractivity contribution is 5.82. The lowest BCUT2D eigenvalue weighted by atomic mass is 9.81. The van der Waals surface area contributed by atoms with Gasteiger partial charge in [-0.05, 0) is 43.7 Å². The van der Waals surface area contributed by atoms with Gasteiger partial charge < -0.3 is 0 Å². The second kappa shape index (κ2) is 5.90. The molecule has 0 bridgehead atoms. The van der Waals surface area contributed by atoms with Gasteiger partial charge >= 0.3 is 0 Å². The van der Waals surface area contributed by atoms with Crippen molar-refractivity contribution in [3.63, 3.8) is 0 Å². The average Bonchev–Trinajstić information content (AvgIpc) is 3.03. The largest absolute Gasteiger partial charge is 0.242 e. The number of aromatic nitrogens is 3. The predicted octanol–water partition coefficient (Wildman–Crippen LogP) is 5.24. The van der Waals surface area contributed by atoms with Crippen molar-refractivity contribution in [3.05, 3.63) is 59.7 Å². The number of benzene rings is 2. The fourth-order valence-corrected chi connectivity index (χ4v) is 3.83. The van der Waals surface area contributed by atoms with Gasteiger partial charge in [0.1, 0.15) is 5.69 Å². The fourth-order valence-electron chi connectivity index (χ4n) is 3.83. The van der Waals surface area contributed by atoms with Crippen LogP contribution < -0.4 is 0 Å². The summed E-state index contributed by atoms with van der Waals surface area (Å²) in [6, 6.07) is 17.7. The first-order chi connectivity index (χ1) is 11.7. The van der Waals surface area contributed by atoms with E-state index in [4.69, 9.17) is 0 Å². The van der Waals surface area contributed by atoms with Crippen LogP contribution in [0.25, 0.3) is 22.5 Å². The van der Waals surface area contributed by atoms with Crippen molar-refractivity contribution in [2.75, 3.05) is 0 Å². The lowest BCUT2D eigenvalue weighted by molar-refractivity contribution is 0.518. The summed E-state index contributed by atoms with van der Waals surface area (Å²) in [4.78, 5) is 0. The van der Waals surface area contributed by atoms with Crippen LogP contribution in [-0.4, -0.2) is 15.0 Å². The maximum atomic E-state index is 4.58. The molecule has 1 atom stereocenters. The van der Waals surface area contributed by atoms with Gasteiger partial charge in [0, 0.05) is 17.2 Å². The lowest BCUT2D eigenvalue weighted by Gasteiger charge is -2.24. The van der Waals surface area contributed by atoms with E-state index in [-0.39, 0.29) is 6.04 Å². The van der Waals surface area contributed by atoms with Crippen molar-refractivity contribution in [1.29, 1.82) is 0 Å². The lowest BCUT2D eigenvalue weighted by Crippen LogP contribution is -2.11. The Bertz CT molecular complexity index is 876. The Balaban J connectivity index is 2.09. The van der Waals surface area contributed by atoms with Gasteiger partial charge in [-0.15, -0.1) is 5.10 Å². The van der Waals surface area contributed by atoms with Gasteiger partial charge in [0.05, 0.1) is 5.69 Å². The van der Waals surface area contributed by atoms with E-state index >= 15 is 0 Å². The summed E-state index contributed by atoms with van der Waals surface area (Å²) in [5.41, 5.74) is 7.48. The van der Waals surface area contributed by atoms with E-state index in [0.717, 1.165) is 24.2 Å².